The summed E-state index contributed by atoms with van der Waals surface area (Å²) < 4.78 is 25.6. The molecule has 5 nitrogen and oxygen atoms in total. The Morgan fingerprint density at radius 3 is 2.67 bits per heavy atom. The fourth-order valence-corrected chi connectivity index (χ4v) is 2.87. The summed E-state index contributed by atoms with van der Waals surface area (Å²) >= 11 is 3.06. The summed E-state index contributed by atoms with van der Waals surface area (Å²) in [5, 5.41) is 8.94. The van der Waals surface area contributed by atoms with Gasteiger partial charge in [-0.1, -0.05) is 6.08 Å². The van der Waals surface area contributed by atoms with Crippen molar-refractivity contribution in [1.29, 1.82) is 0 Å². The van der Waals surface area contributed by atoms with Gasteiger partial charge in [-0.05, 0) is 34.1 Å². The number of nitrogens with zero attached hydrogens (tertiary/aromatic N) is 1. The number of hydrogen-bond donors (Lipinski definition) is 1. The fourth-order valence-electron chi connectivity index (χ4n) is 1.29. The van der Waals surface area contributed by atoms with E-state index in [1.807, 2.05) is 0 Å². The fraction of sp³-hybridized carbons (Fsp3) is 0.182. The lowest BCUT2D eigenvalue weighted by atomic mass is 10.2. The van der Waals surface area contributed by atoms with Crippen LogP contribution in [0.4, 0.5) is 0 Å². The van der Waals surface area contributed by atoms with E-state index in [-0.39, 0.29) is 17.0 Å². The van der Waals surface area contributed by atoms with Gasteiger partial charge in [0, 0.05) is 18.1 Å². The standard InChI is InChI=1S/C11H12BrNO4S/c1-3-6-13(2)18(16,17)8-4-5-10(12)9(7-8)11(14)15/h3-5,7H,1,6H2,2H3,(H,14,15). The molecule has 0 saturated heterocycles. The van der Waals surface area contributed by atoms with Gasteiger partial charge in [-0.3, -0.25) is 0 Å². The van der Waals surface area contributed by atoms with Crippen molar-refractivity contribution in [3.8, 4) is 0 Å². The molecule has 98 valence electrons. The molecule has 0 unspecified atom stereocenters. The number of aromatic carboxylic acids is 1. The number of hydrogen-bond acceptors (Lipinski definition) is 3. The van der Waals surface area contributed by atoms with Gasteiger partial charge in [0.05, 0.1) is 10.5 Å². The average molecular weight is 334 g/mol. The Morgan fingerprint density at radius 2 is 2.17 bits per heavy atom. The molecule has 7 heteroatoms. The summed E-state index contributed by atoms with van der Waals surface area (Å²) in [5.74, 6) is -1.19. The number of likely N-dealkylation sites (N-methyl/N-ethyl adjacent to an activating group) is 1. The van der Waals surface area contributed by atoms with Crippen molar-refractivity contribution < 1.29 is 18.3 Å². The molecule has 0 bridgehead atoms. The van der Waals surface area contributed by atoms with Crippen LogP contribution < -0.4 is 0 Å². The second kappa shape index (κ2) is 5.64. The monoisotopic (exact) mass is 333 g/mol. The molecule has 0 aromatic heterocycles. The van der Waals surface area contributed by atoms with Crippen molar-refractivity contribution in [3.05, 3.63) is 40.9 Å². The highest BCUT2D eigenvalue weighted by atomic mass is 79.9. The van der Waals surface area contributed by atoms with Gasteiger partial charge in [0.2, 0.25) is 10.0 Å². The van der Waals surface area contributed by atoms with Crippen LogP contribution in [-0.4, -0.2) is 37.4 Å². The third-order valence-electron chi connectivity index (χ3n) is 2.26. The second-order valence-corrected chi connectivity index (χ2v) is 6.42. The first-order valence-corrected chi connectivity index (χ1v) is 7.14. The molecule has 1 aromatic carbocycles. The van der Waals surface area contributed by atoms with Crippen molar-refractivity contribution in [3.63, 3.8) is 0 Å². The molecule has 0 amide bonds. The lowest BCUT2D eigenvalue weighted by Gasteiger charge is -2.15. The first-order chi connectivity index (χ1) is 8.30. The number of benzene rings is 1. The van der Waals surface area contributed by atoms with Gasteiger partial charge >= 0.3 is 5.97 Å². The molecular weight excluding hydrogens is 322 g/mol. The van der Waals surface area contributed by atoms with Crippen LogP contribution in [0.3, 0.4) is 0 Å². The molecular formula is C11H12BrNO4S. The summed E-state index contributed by atoms with van der Waals surface area (Å²) in [4.78, 5) is 10.9. The van der Waals surface area contributed by atoms with Crippen molar-refractivity contribution in [2.45, 2.75) is 4.90 Å². The van der Waals surface area contributed by atoms with Gasteiger partial charge in [-0.2, -0.15) is 4.31 Å². The Kier molecular flexibility index (Phi) is 4.66. The van der Waals surface area contributed by atoms with E-state index in [0.717, 1.165) is 10.4 Å². The molecule has 0 aliphatic rings. The van der Waals surface area contributed by atoms with Crippen LogP contribution in [0.15, 0.2) is 40.2 Å². The van der Waals surface area contributed by atoms with Crippen LogP contribution in [-0.2, 0) is 10.0 Å². The first kappa shape index (κ1) is 14.9. The third-order valence-corrected chi connectivity index (χ3v) is 4.77. The molecule has 18 heavy (non-hydrogen) atoms. The zero-order valence-electron chi connectivity index (χ0n) is 9.63. The molecule has 0 atom stereocenters. The van der Waals surface area contributed by atoms with E-state index in [1.165, 1.54) is 25.3 Å². The summed E-state index contributed by atoms with van der Waals surface area (Å²) in [6.45, 7) is 3.61. The minimum absolute atomic E-state index is 0.0625. The Labute approximate surface area is 114 Å². The van der Waals surface area contributed by atoms with Crippen LogP contribution >= 0.6 is 15.9 Å². The first-order valence-electron chi connectivity index (χ1n) is 4.90. The van der Waals surface area contributed by atoms with Crippen molar-refractivity contribution in [1.82, 2.24) is 4.31 Å². The van der Waals surface area contributed by atoms with E-state index in [2.05, 4.69) is 22.5 Å². The summed E-state index contributed by atoms with van der Waals surface area (Å²) in [6.07, 6.45) is 1.45. The number of halogens is 1. The molecule has 0 aliphatic carbocycles. The van der Waals surface area contributed by atoms with E-state index >= 15 is 0 Å². The number of carboxylic acid groups (broad SMARTS) is 1. The highest BCUT2D eigenvalue weighted by molar-refractivity contribution is 9.10. The van der Waals surface area contributed by atoms with Crippen LogP contribution in [0.2, 0.25) is 0 Å². The molecule has 0 spiro atoms. The zero-order valence-corrected chi connectivity index (χ0v) is 12.0. The second-order valence-electron chi connectivity index (χ2n) is 3.52. The van der Waals surface area contributed by atoms with Gasteiger partial charge in [0.1, 0.15) is 0 Å². The van der Waals surface area contributed by atoms with Crippen LogP contribution in [0.5, 0.6) is 0 Å². The maximum Gasteiger partial charge on any atom is 0.336 e. The number of carbonyl (C=O) groups is 1. The minimum Gasteiger partial charge on any atom is -0.478 e. The van der Waals surface area contributed by atoms with Crippen LogP contribution in [0, 0.1) is 0 Å². The Hall–Kier alpha value is -1.18. The third kappa shape index (κ3) is 2.98. The smallest absolute Gasteiger partial charge is 0.336 e. The van der Waals surface area contributed by atoms with Crippen LogP contribution in [0.25, 0.3) is 0 Å². The van der Waals surface area contributed by atoms with Gasteiger partial charge in [0.15, 0.2) is 0 Å². The van der Waals surface area contributed by atoms with Gasteiger partial charge in [-0.25, -0.2) is 13.2 Å². The maximum absolute atomic E-state index is 12.1. The quantitative estimate of drug-likeness (QED) is 0.836. The van der Waals surface area contributed by atoms with E-state index in [1.54, 1.807) is 0 Å². The minimum atomic E-state index is -3.70. The summed E-state index contributed by atoms with van der Waals surface area (Å²) in [6, 6.07) is 3.88. The van der Waals surface area contributed by atoms with Gasteiger partial charge in [-0.15, -0.1) is 6.58 Å². The zero-order chi connectivity index (χ0) is 13.9. The van der Waals surface area contributed by atoms with E-state index in [9.17, 15) is 13.2 Å². The largest absolute Gasteiger partial charge is 0.478 e. The number of sulfonamides is 1. The van der Waals surface area contributed by atoms with E-state index < -0.39 is 16.0 Å². The number of carboxylic acids is 1. The lowest BCUT2D eigenvalue weighted by molar-refractivity contribution is 0.0695. The molecule has 0 saturated carbocycles. The SMILES string of the molecule is C=CCN(C)S(=O)(=O)c1ccc(Br)c(C(=O)O)c1. The topological polar surface area (TPSA) is 74.7 Å². The predicted octanol–water partition coefficient (Wildman–Crippen LogP) is 1.95. The predicted molar refractivity (Wildman–Crippen MR) is 71.1 cm³/mol. The lowest BCUT2D eigenvalue weighted by Crippen LogP contribution is -2.27. The molecule has 0 heterocycles. The van der Waals surface area contributed by atoms with Gasteiger partial charge < -0.3 is 5.11 Å². The highest BCUT2D eigenvalue weighted by Gasteiger charge is 2.22. The van der Waals surface area contributed by atoms with Gasteiger partial charge in [0.25, 0.3) is 0 Å². The van der Waals surface area contributed by atoms with E-state index in [4.69, 9.17) is 5.11 Å². The Bertz CT molecular complexity index is 583. The van der Waals surface area contributed by atoms with E-state index in [0.29, 0.717) is 4.47 Å². The molecule has 1 N–H and O–H groups in total. The van der Waals surface area contributed by atoms with Crippen molar-refractivity contribution >= 4 is 31.9 Å². The Morgan fingerprint density at radius 1 is 1.56 bits per heavy atom. The van der Waals surface area contributed by atoms with Crippen molar-refractivity contribution in [2.24, 2.45) is 0 Å². The molecule has 1 rings (SSSR count). The normalized spacial score (nSPS) is 11.5. The molecule has 0 fully saturated rings. The molecule has 1 aromatic rings. The van der Waals surface area contributed by atoms with Crippen LogP contribution in [0.1, 0.15) is 10.4 Å². The maximum atomic E-state index is 12.1. The summed E-state index contributed by atoms with van der Waals surface area (Å²) in [5.41, 5.74) is -0.0944. The molecule has 0 aliphatic heterocycles. The van der Waals surface area contributed by atoms with Crippen molar-refractivity contribution in [2.75, 3.05) is 13.6 Å². The Balaban J connectivity index is 3.30. The highest BCUT2D eigenvalue weighted by Crippen LogP contribution is 2.22. The molecule has 0 radical (unpaired) electrons. The number of rotatable bonds is 5. The average Bonchev–Trinajstić information content (AvgIpc) is 2.29. The summed E-state index contributed by atoms with van der Waals surface area (Å²) in [7, 11) is -2.29.